The van der Waals surface area contributed by atoms with Gasteiger partial charge in [-0.2, -0.15) is 0 Å². The van der Waals surface area contributed by atoms with Gasteiger partial charge < -0.3 is 11.1 Å². The number of benzene rings is 2. The molecular formula is C18H17N3O. The van der Waals surface area contributed by atoms with Crippen molar-refractivity contribution in [2.75, 3.05) is 5.32 Å². The Balaban J connectivity index is 1.68. The Bertz CT molecular complexity index is 786. The SMILES string of the molecule is N[C@H](CC(=O)Nc1ccc2cnccc2c1)c1ccccc1. The number of carbonyl (C=O) groups excluding carboxylic acids is 1. The topological polar surface area (TPSA) is 68.0 Å². The summed E-state index contributed by atoms with van der Waals surface area (Å²) in [7, 11) is 0. The third-order valence-electron chi connectivity index (χ3n) is 3.56. The highest BCUT2D eigenvalue weighted by Crippen LogP contribution is 2.19. The minimum absolute atomic E-state index is 0.0928. The number of carbonyl (C=O) groups is 1. The molecule has 0 radical (unpaired) electrons. The zero-order valence-corrected chi connectivity index (χ0v) is 12.1. The van der Waals surface area contributed by atoms with Gasteiger partial charge in [-0.25, -0.2) is 0 Å². The zero-order valence-electron chi connectivity index (χ0n) is 12.1. The van der Waals surface area contributed by atoms with Gasteiger partial charge in [-0.1, -0.05) is 36.4 Å². The van der Waals surface area contributed by atoms with Crippen LogP contribution < -0.4 is 11.1 Å². The molecule has 0 fully saturated rings. The normalized spacial score (nSPS) is 12.0. The fourth-order valence-corrected chi connectivity index (χ4v) is 2.39. The van der Waals surface area contributed by atoms with E-state index in [1.807, 2.05) is 54.6 Å². The van der Waals surface area contributed by atoms with E-state index in [0.717, 1.165) is 22.0 Å². The van der Waals surface area contributed by atoms with E-state index in [1.165, 1.54) is 0 Å². The number of pyridine rings is 1. The molecule has 1 aromatic heterocycles. The second kappa shape index (κ2) is 6.37. The Kier molecular flexibility index (Phi) is 4.12. The van der Waals surface area contributed by atoms with Crippen LogP contribution in [0, 0.1) is 0 Å². The molecule has 0 saturated carbocycles. The second-order valence-electron chi connectivity index (χ2n) is 5.21. The lowest BCUT2D eigenvalue weighted by Gasteiger charge is -2.12. The van der Waals surface area contributed by atoms with E-state index in [1.54, 1.807) is 12.4 Å². The molecule has 4 heteroatoms. The minimum atomic E-state index is -0.300. The van der Waals surface area contributed by atoms with Crippen molar-refractivity contribution in [3.8, 4) is 0 Å². The van der Waals surface area contributed by atoms with Gasteiger partial charge >= 0.3 is 0 Å². The van der Waals surface area contributed by atoms with Crippen molar-refractivity contribution in [3.63, 3.8) is 0 Å². The zero-order chi connectivity index (χ0) is 15.4. The molecule has 1 heterocycles. The van der Waals surface area contributed by atoms with Crippen LogP contribution >= 0.6 is 0 Å². The fourth-order valence-electron chi connectivity index (χ4n) is 2.39. The lowest BCUT2D eigenvalue weighted by atomic mass is 10.0. The predicted octanol–water partition coefficient (Wildman–Crippen LogP) is 3.26. The van der Waals surface area contributed by atoms with Crippen LogP contribution in [0.15, 0.2) is 67.0 Å². The summed E-state index contributed by atoms with van der Waals surface area (Å²) < 4.78 is 0. The molecule has 0 aliphatic carbocycles. The van der Waals surface area contributed by atoms with E-state index >= 15 is 0 Å². The van der Waals surface area contributed by atoms with Crippen LogP contribution in [0.1, 0.15) is 18.0 Å². The van der Waals surface area contributed by atoms with Crippen molar-refractivity contribution in [3.05, 3.63) is 72.6 Å². The van der Waals surface area contributed by atoms with Gasteiger partial charge in [-0.15, -0.1) is 0 Å². The number of nitrogens with zero attached hydrogens (tertiary/aromatic N) is 1. The quantitative estimate of drug-likeness (QED) is 0.775. The highest BCUT2D eigenvalue weighted by molar-refractivity contribution is 5.94. The Labute approximate surface area is 129 Å². The molecular weight excluding hydrogens is 274 g/mol. The highest BCUT2D eigenvalue weighted by Gasteiger charge is 2.11. The smallest absolute Gasteiger partial charge is 0.226 e. The average molecular weight is 291 g/mol. The number of hydrogen-bond acceptors (Lipinski definition) is 3. The number of nitrogens with two attached hydrogens (primary N) is 1. The summed E-state index contributed by atoms with van der Waals surface area (Å²) >= 11 is 0. The Hall–Kier alpha value is -2.72. The Morgan fingerprint density at radius 2 is 1.91 bits per heavy atom. The molecule has 0 aliphatic rings. The van der Waals surface area contributed by atoms with Crippen molar-refractivity contribution >= 4 is 22.4 Å². The van der Waals surface area contributed by atoms with Crippen LogP contribution in [0.4, 0.5) is 5.69 Å². The number of aromatic nitrogens is 1. The van der Waals surface area contributed by atoms with Crippen LogP contribution in [0.3, 0.4) is 0 Å². The predicted molar refractivity (Wildman–Crippen MR) is 88.4 cm³/mol. The fraction of sp³-hybridized carbons (Fsp3) is 0.111. The molecule has 3 aromatic rings. The number of hydrogen-bond donors (Lipinski definition) is 2. The maximum Gasteiger partial charge on any atom is 0.226 e. The first kappa shape index (κ1) is 14.2. The highest BCUT2D eigenvalue weighted by atomic mass is 16.1. The van der Waals surface area contributed by atoms with Gasteiger partial charge in [0.1, 0.15) is 0 Å². The number of fused-ring (bicyclic) bond motifs is 1. The van der Waals surface area contributed by atoms with E-state index in [2.05, 4.69) is 10.3 Å². The van der Waals surface area contributed by atoms with Gasteiger partial charge in [-0.05, 0) is 29.1 Å². The lowest BCUT2D eigenvalue weighted by molar-refractivity contribution is -0.116. The van der Waals surface area contributed by atoms with Crippen molar-refractivity contribution in [1.29, 1.82) is 0 Å². The summed E-state index contributed by atoms with van der Waals surface area (Å²) in [4.78, 5) is 16.2. The maximum absolute atomic E-state index is 12.1. The van der Waals surface area contributed by atoms with Crippen LogP contribution in [0.5, 0.6) is 0 Å². The molecule has 0 spiro atoms. The summed E-state index contributed by atoms with van der Waals surface area (Å²) in [5.74, 6) is -0.0928. The first-order valence-electron chi connectivity index (χ1n) is 7.16. The first-order chi connectivity index (χ1) is 10.7. The molecule has 0 bridgehead atoms. The average Bonchev–Trinajstić information content (AvgIpc) is 2.55. The van der Waals surface area contributed by atoms with Crippen LogP contribution in [-0.4, -0.2) is 10.9 Å². The summed E-state index contributed by atoms with van der Waals surface area (Å²) in [6, 6.07) is 17.0. The molecule has 0 saturated heterocycles. The molecule has 1 atom stereocenters. The number of rotatable bonds is 4. The van der Waals surface area contributed by atoms with E-state index in [0.29, 0.717) is 0 Å². The van der Waals surface area contributed by atoms with Crippen molar-refractivity contribution in [1.82, 2.24) is 4.98 Å². The lowest BCUT2D eigenvalue weighted by Crippen LogP contribution is -2.20. The Morgan fingerprint density at radius 3 is 2.73 bits per heavy atom. The monoisotopic (exact) mass is 291 g/mol. The molecule has 3 rings (SSSR count). The molecule has 3 N–H and O–H groups in total. The van der Waals surface area contributed by atoms with Crippen LogP contribution in [0.2, 0.25) is 0 Å². The van der Waals surface area contributed by atoms with E-state index < -0.39 is 0 Å². The Morgan fingerprint density at radius 1 is 1.09 bits per heavy atom. The number of anilines is 1. The number of nitrogens with one attached hydrogen (secondary N) is 1. The third kappa shape index (κ3) is 3.30. The standard InChI is InChI=1S/C18H17N3O/c19-17(13-4-2-1-3-5-13)11-18(22)21-16-7-6-15-12-20-9-8-14(15)10-16/h1-10,12,17H,11,19H2,(H,21,22)/t17-/m1/s1. The third-order valence-corrected chi connectivity index (χ3v) is 3.56. The van der Waals surface area contributed by atoms with Gasteiger partial charge in [0, 0.05) is 35.9 Å². The summed E-state index contributed by atoms with van der Waals surface area (Å²) in [5.41, 5.74) is 7.80. The summed E-state index contributed by atoms with van der Waals surface area (Å²) in [6.07, 6.45) is 3.78. The molecule has 4 nitrogen and oxygen atoms in total. The van der Waals surface area contributed by atoms with Gasteiger partial charge in [0.05, 0.1) is 0 Å². The van der Waals surface area contributed by atoms with Gasteiger partial charge in [0.15, 0.2) is 0 Å². The van der Waals surface area contributed by atoms with Crippen LogP contribution in [-0.2, 0) is 4.79 Å². The molecule has 110 valence electrons. The molecule has 22 heavy (non-hydrogen) atoms. The van der Waals surface area contributed by atoms with E-state index in [4.69, 9.17) is 5.73 Å². The summed E-state index contributed by atoms with van der Waals surface area (Å²) in [6.45, 7) is 0. The van der Waals surface area contributed by atoms with Gasteiger partial charge in [0.25, 0.3) is 0 Å². The van der Waals surface area contributed by atoms with Gasteiger partial charge in [-0.3, -0.25) is 9.78 Å². The molecule has 0 unspecified atom stereocenters. The molecule has 2 aromatic carbocycles. The largest absolute Gasteiger partial charge is 0.326 e. The molecule has 0 aliphatic heterocycles. The molecule has 1 amide bonds. The second-order valence-corrected chi connectivity index (χ2v) is 5.21. The van der Waals surface area contributed by atoms with Gasteiger partial charge in [0.2, 0.25) is 5.91 Å². The maximum atomic E-state index is 12.1. The van der Waals surface area contributed by atoms with Crippen molar-refractivity contribution in [2.24, 2.45) is 5.73 Å². The minimum Gasteiger partial charge on any atom is -0.326 e. The van der Waals surface area contributed by atoms with Crippen molar-refractivity contribution < 1.29 is 4.79 Å². The van der Waals surface area contributed by atoms with Crippen molar-refractivity contribution in [2.45, 2.75) is 12.5 Å². The van der Waals surface area contributed by atoms with Crippen LogP contribution in [0.25, 0.3) is 10.8 Å². The van der Waals surface area contributed by atoms with E-state index in [-0.39, 0.29) is 18.4 Å². The first-order valence-corrected chi connectivity index (χ1v) is 7.16. The number of amides is 1. The van der Waals surface area contributed by atoms with E-state index in [9.17, 15) is 4.79 Å². The summed E-state index contributed by atoms with van der Waals surface area (Å²) in [5, 5.41) is 4.98.